The largest absolute Gasteiger partial charge is 0.352 e. The average Bonchev–Trinajstić information content (AvgIpc) is 2.54. The molecule has 2 rings (SSSR count). The van der Waals surface area contributed by atoms with Gasteiger partial charge in [-0.1, -0.05) is 63.2 Å². The van der Waals surface area contributed by atoms with E-state index in [9.17, 15) is 4.79 Å². The van der Waals surface area contributed by atoms with Crippen LogP contribution in [0, 0.1) is 5.92 Å². The highest BCUT2D eigenvalue weighted by Gasteiger charge is 2.03. The molecule has 1 amide bonds. The van der Waals surface area contributed by atoms with Gasteiger partial charge in [0.25, 0.3) is 0 Å². The number of carbonyl (C=O) groups is 1. The summed E-state index contributed by atoms with van der Waals surface area (Å²) in [6, 6.07) is 17.2. The molecule has 2 aromatic carbocycles. The van der Waals surface area contributed by atoms with Gasteiger partial charge in [0, 0.05) is 13.0 Å². The van der Waals surface area contributed by atoms with Crippen molar-refractivity contribution in [2.45, 2.75) is 46.6 Å². The molecule has 0 unspecified atom stereocenters. The zero-order valence-corrected chi connectivity index (χ0v) is 14.4. The van der Waals surface area contributed by atoms with Crippen LogP contribution in [0.5, 0.6) is 0 Å². The topological polar surface area (TPSA) is 29.1 Å². The van der Waals surface area contributed by atoms with Gasteiger partial charge < -0.3 is 5.32 Å². The number of amides is 1. The van der Waals surface area contributed by atoms with E-state index in [4.69, 9.17) is 0 Å². The monoisotopic (exact) mass is 309 g/mol. The summed E-state index contributed by atoms with van der Waals surface area (Å²) in [6.45, 7) is 7.09. The van der Waals surface area contributed by atoms with Gasteiger partial charge in [-0.25, -0.2) is 0 Å². The molecule has 23 heavy (non-hydrogen) atoms. The molecule has 0 saturated heterocycles. The number of rotatable bonds is 7. The number of benzene rings is 2. The van der Waals surface area contributed by atoms with Gasteiger partial charge in [0.05, 0.1) is 0 Å². The molecule has 0 radical (unpaired) electrons. The van der Waals surface area contributed by atoms with Gasteiger partial charge in [-0.3, -0.25) is 4.79 Å². The second-order valence-electron chi connectivity index (χ2n) is 6.52. The molecule has 2 aromatic rings. The van der Waals surface area contributed by atoms with Crippen LogP contribution >= 0.6 is 0 Å². The Morgan fingerprint density at radius 1 is 1.00 bits per heavy atom. The molecule has 0 saturated carbocycles. The first-order valence-corrected chi connectivity index (χ1v) is 8.53. The van der Waals surface area contributed by atoms with Gasteiger partial charge in [0.15, 0.2) is 0 Å². The smallest absolute Gasteiger partial charge is 0.220 e. The van der Waals surface area contributed by atoms with Gasteiger partial charge in [-0.05, 0) is 47.1 Å². The second kappa shape index (κ2) is 8.52. The first-order valence-electron chi connectivity index (χ1n) is 8.53. The van der Waals surface area contributed by atoms with Crippen LogP contribution in [-0.4, -0.2) is 5.91 Å². The van der Waals surface area contributed by atoms with Crippen LogP contribution in [0.3, 0.4) is 0 Å². The van der Waals surface area contributed by atoms with E-state index in [1.54, 1.807) is 0 Å². The van der Waals surface area contributed by atoms with Crippen molar-refractivity contribution in [2.75, 3.05) is 0 Å². The minimum atomic E-state index is 0.121. The Morgan fingerprint density at radius 3 is 2.39 bits per heavy atom. The first-order chi connectivity index (χ1) is 11.1. The molecule has 0 aliphatic carbocycles. The minimum absolute atomic E-state index is 0.121. The zero-order valence-electron chi connectivity index (χ0n) is 14.4. The molecule has 0 aliphatic heterocycles. The maximum absolute atomic E-state index is 11.6. The van der Waals surface area contributed by atoms with E-state index in [-0.39, 0.29) is 5.91 Å². The summed E-state index contributed by atoms with van der Waals surface area (Å²) in [5.74, 6) is 0.798. The lowest BCUT2D eigenvalue weighted by Gasteiger charge is -2.09. The zero-order chi connectivity index (χ0) is 16.7. The summed E-state index contributed by atoms with van der Waals surface area (Å²) >= 11 is 0. The third-order valence-electron chi connectivity index (χ3n) is 3.82. The Labute approximate surface area is 139 Å². The van der Waals surface area contributed by atoms with Crippen LogP contribution < -0.4 is 5.32 Å². The predicted molar refractivity (Wildman–Crippen MR) is 97.2 cm³/mol. The van der Waals surface area contributed by atoms with Crippen LogP contribution in [0.25, 0.3) is 11.1 Å². The van der Waals surface area contributed by atoms with Gasteiger partial charge in [-0.15, -0.1) is 0 Å². The fourth-order valence-electron chi connectivity index (χ4n) is 2.68. The number of nitrogens with one attached hydrogen (secondary N) is 1. The van der Waals surface area contributed by atoms with Crippen LogP contribution in [0.4, 0.5) is 0 Å². The molecule has 0 fully saturated rings. The molecule has 1 N–H and O–H groups in total. The molecule has 0 bridgehead atoms. The summed E-state index contributed by atoms with van der Waals surface area (Å²) in [6.07, 6.45) is 2.59. The molecule has 0 spiro atoms. The van der Waals surface area contributed by atoms with Crippen molar-refractivity contribution >= 4 is 5.91 Å². The Balaban J connectivity index is 2.05. The van der Waals surface area contributed by atoms with E-state index in [1.165, 1.54) is 16.7 Å². The normalized spacial score (nSPS) is 10.8. The third kappa shape index (κ3) is 5.55. The van der Waals surface area contributed by atoms with Gasteiger partial charge in [-0.2, -0.15) is 0 Å². The number of hydrogen-bond acceptors (Lipinski definition) is 1. The molecule has 2 heteroatoms. The van der Waals surface area contributed by atoms with E-state index in [0.29, 0.717) is 18.9 Å². The lowest BCUT2D eigenvalue weighted by atomic mass is 9.98. The maximum atomic E-state index is 11.6. The SMILES string of the molecule is CCCC(=O)NCc1cccc(-c2ccc(CC(C)C)cc2)c1. The first kappa shape index (κ1) is 17.3. The maximum Gasteiger partial charge on any atom is 0.220 e. The number of carbonyl (C=O) groups excluding carboxylic acids is 1. The van der Waals surface area contributed by atoms with Gasteiger partial charge in [0.1, 0.15) is 0 Å². The Morgan fingerprint density at radius 2 is 1.74 bits per heavy atom. The van der Waals surface area contributed by atoms with Crippen molar-refractivity contribution in [1.29, 1.82) is 0 Å². The second-order valence-corrected chi connectivity index (χ2v) is 6.52. The lowest BCUT2D eigenvalue weighted by molar-refractivity contribution is -0.121. The summed E-state index contributed by atoms with van der Waals surface area (Å²) in [5.41, 5.74) is 4.94. The molecule has 0 atom stereocenters. The molecule has 122 valence electrons. The molecule has 0 heterocycles. The molecular formula is C21H27NO. The molecule has 2 nitrogen and oxygen atoms in total. The van der Waals surface area contributed by atoms with Crippen molar-refractivity contribution in [2.24, 2.45) is 5.92 Å². The quantitative estimate of drug-likeness (QED) is 0.769. The highest BCUT2D eigenvalue weighted by atomic mass is 16.1. The van der Waals surface area contributed by atoms with Crippen molar-refractivity contribution in [1.82, 2.24) is 5.32 Å². The van der Waals surface area contributed by atoms with E-state index < -0.39 is 0 Å². The fourth-order valence-corrected chi connectivity index (χ4v) is 2.68. The molecular weight excluding hydrogens is 282 g/mol. The van der Waals surface area contributed by atoms with Crippen molar-refractivity contribution in [3.05, 3.63) is 59.7 Å². The Kier molecular flexibility index (Phi) is 6.40. The fraction of sp³-hybridized carbons (Fsp3) is 0.381. The molecule has 0 aromatic heterocycles. The lowest BCUT2D eigenvalue weighted by Crippen LogP contribution is -2.21. The summed E-state index contributed by atoms with van der Waals surface area (Å²) in [7, 11) is 0. The standard InChI is InChI=1S/C21H27NO/c1-4-6-21(23)22-15-18-7-5-8-20(14-18)19-11-9-17(10-12-19)13-16(2)3/h5,7-12,14,16H,4,6,13,15H2,1-3H3,(H,22,23). The van der Waals surface area contributed by atoms with Crippen molar-refractivity contribution in [3.63, 3.8) is 0 Å². The highest BCUT2D eigenvalue weighted by molar-refractivity contribution is 5.75. The Hall–Kier alpha value is -2.09. The van der Waals surface area contributed by atoms with Crippen LogP contribution in [-0.2, 0) is 17.8 Å². The Bertz CT molecular complexity index is 629. The minimum Gasteiger partial charge on any atom is -0.352 e. The summed E-state index contributed by atoms with van der Waals surface area (Å²) in [5, 5.41) is 2.97. The summed E-state index contributed by atoms with van der Waals surface area (Å²) in [4.78, 5) is 11.6. The van der Waals surface area contributed by atoms with Gasteiger partial charge >= 0.3 is 0 Å². The van der Waals surface area contributed by atoms with E-state index in [1.807, 2.05) is 6.92 Å². The van der Waals surface area contributed by atoms with E-state index in [2.05, 4.69) is 67.7 Å². The number of hydrogen-bond donors (Lipinski definition) is 1. The van der Waals surface area contributed by atoms with Crippen molar-refractivity contribution < 1.29 is 4.79 Å². The van der Waals surface area contributed by atoms with Crippen LogP contribution in [0.1, 0.15) is 44.7 Å². The molecule has 0 aliphatic rings. The van der Waals surface area contributed by atoms with Crippen molar-refractivity contribution in [3.8, 4) is 11.1 Å². The summed E-state index contributed by atoms with van der Waals surface area (Å²) < 4.78 is 0. The highest BCUT2D eigenvalue weighted by Crippen LogP contribution is 2.22. The predicted octanol–water partition coefficient (Wildman–Crippen LogP) is 4.97. The van der Waals surface area contributed by atoms with Gasteiger partial charge in [0.2, 0.25) is 5.91 Å². The average molecular weight is 309 g/mol. The van der Waals surface area contributed by atoms with E-state index >= 15 is 0 Å². The van der Waals surface area contributed by atoms with Crippen LogP contribution in [0.15, 0.2) is 48.5 Å². The van der Waals surface area contributed by atoms with E-state index in [0.717, 1.165) is 18.4 Å². The van der Waals surface area contributed by atoms with Crippen LogP contribution in [0.2, 0.25) is 0 Å². The third-order valence-corrected chi connectivity index (χ3v) is 3.82.